The van der Waals surface area contributed by atoms with Gasteiger partial charge >= 0.3 is 0 Å². The molecule has 0 unspecified atom stereocenters. The monoisotopic (exact) mass is 269 g/mol. The molecule has 0 saturated carbocycles. The summed E-state index contributed by atoms with van der Waals surface area (Å²) >= 11 is 0. The standard InChI is InChI=1S/C12H16FN3O3/c1-19-5-4-15-7-11(17)16-8-2-3-10(13)9(6-8)12(14)18/h2-3,6,15H,4-5,7H2,1H3,(H2,14,18)(H,16,17). The van der Waals surface area contributed by atoms with Crippen LogP contribution in [0, 0.1) is 5.82 Å². The Kier molecular flexibility index (Phi) is 5.91. The molecule has 19 heavy (non-hydrogen) atoms. The van der Waals surface area contributed by atoms with Crippen LogP contribution in [0.4, 0.5) is 10.1 Å². The molecule has 0 heterocycles. The van der Waals surface area contributed by atoms with Gasteiger partial charge in [0.25, 0.3) is 5.91 Å². The summed E-state index contributed by atoms with van der Waals surface area (Å²) in [6, 6.07) is 3.63. The molecule has 7 heteroatoms. The van der Waals surface area contributed by atoms with E-state index in [1.54, 1.807) is 7.11 Å². The summed E-state index contributed by atoms with van der Waals surface area (Å²) in [6.45, 7) is 1.13. The fourth-order valence-corrected chi connectivity index (χ4v) is 1.37. The van der Waals surface area contributed by atoms with Crippen molar-refractivity contribution in [2.75, 3.05) is 32.1 Å². The van der Waals surface area contributed by atoms with E-state index in [9.17, 15) is 14.0 Å². The normalized spacial score (nSPS) is 10.2. The number of hydrogen-bond acceptors (Lipinski definition) is 4. The van der Waals surface area contributed by atoms with Crippen LogP contribution in [-0.2, 0) is 9.53 Å². The number of hydrogen-bond donors (Lipinski definition) is 3. The lowest BCUT2D eigenvalue weighted by molar-refractivity contribution is -0.115. The Hall–Kier alpha value is -1.99. The molecule has 1 rings (SSSR count). The molecule has 0 radical (unpaired) electrons. The van der Waals surface area contributed by atoms with E-state index in [4.69, 9.17) is 10.5 Å². The number of nitrogens with one attached hydrogen (secondary N) is 2. The molecule has 0 spiro atoms. The van der Waals surface area contributed by atoms with Crippen molar-refractivity contribution in [1.82, 2.24) is 5.32 Å². The second-order valence-corrected chi connectivity index (χ2v) is 3.78. The summed E-state index contributed by atoms with van der Waals surface area (Å²) in [7, 11) is 1.56. The minimum absolute atomic E-state index is 0.0899. The minimum atomic E-state index is -0.883. The highest BCUT2D eigenvalue weighted by atomic mass is 19.1. The molecule has 6 nitrogen and oxygen atoms in total. The number of nitrogens with two attached hydrogens (primary N) is 1. The number of carbonyl (C=O) groups excluding carboxylic acids is 2. The Balaban J connectivity index is 2.55. The molecule has 0 aromatic heterocycles. The van der Waals surface area contributed by atoms with Crippen LogP contribution in [0.1, 0.15) is 10.4 Å². The summed E-state index contributed by atoms with van der Waals surface area (Å²) < 4.78 is 18.0. The number of primary amides is 1. The summed E-state index contributed by atoms with van der Waals surface area (Å²) in [6.07, 6.45) is 0. The molecule has 0 saturated heterocycles. The van der Waals surface area contributed by atoms with E-state index in [-0.39, 0.29) is 18.0 Å². The fraction of sp³-hybridized carbons (Fsp3) is 0.333. The molecular weight excluding hydrogens is 253 g/mol. The minimum Gasteiger partial charge on any atom is -0.383 e. The van der Waals surface area contributed by atoms with Gasteiger partial charge in [0.2, 0.25) is 5.91 Å². The smallest absolute Gasteiger partial charge is 0.251 e. The summed E-state index contributed by atoms with van der Waals surface area (Å²) in [5, 5.41) is 5.38. The molecular formula is C12H16FN3O3. The Morgan fingerprint density at radius 1 is 1.42 bits per heavy atom. The van der Waals surface area contributed by atoms with E-state index in [1.165, 1.54) is 12.1 Å². The van der Waals surface area contributed by atoms with Gasteiger partial charge in [-0.3, -0.25) is 9.59 Å². The second kappa shape index (κ2) is 7.45. The molecule has 0 aliphatic carbocycles. The van der Waals surface area contributed by atoms with Crippen molar-refractivity contribution < 1.29 is 18.7 Å². The van der Waals surface area contributed by atoms with Crippen LogP contribution in [0.25, 0.3) is 0 Å². The number of anilines is 1. The zero-order valence-electron chi connectivity index (χ0n) is 10.5. The molecule has 0 fully saturated rings. The third kappa shape index (κ3) is 5.02. The van der Waals surface area contributed by atoms with Gasteiger partial charge in [-0.2, -0.15) is 0 Å². The van der Waals surface area contributed by atoms with Gasteiger partial charge in [-0.1, -0.05) is 0 Å². The van der Waals surface area contributed by atoms with E-state index in [0.29, 0.717) is 18.8 Å². The SMILES string of the molecule is COCCNCC(=O)Nc1ccc(F)c(C(N)=O)c1. The zero-order chi connectivity index (χ0) is 14.3. The molecule has 1 aromatic carbocycles. The third-order valence-corrected chi connectivity index (χ3v) is 2.28. The first-order valence-corrected chi connectivity index (χ1v) is 5.63. The van der Waals surface area contributed by atoms with Gasteiger partial charge in [0.1, 0.15) is 5.82 Å². The molecule has 0 atom stereocenters. The van der Waals surface area contributed by atoms with Crippen LogP contribution in [0.15, 0.2) is 18.2 Å². The Morgan fingerprint density at radius 2 is 2.16 bits per heavy atom. The van der Waals surface area contributed by atoms with Gasteiger partial charge in [-0.25, -0.2) is 4.39 Å². The second-order valence-electron chi connectivity index (χ2n) is 3.78. The molecule has 0 aliphatic rings. The lowest BCUT2D eigenvalue weighted by Crippen LogP contribution is -2.30. The topological polar surface area (TPSA) is 93.4 Å². The number of ether oxygens (including phenoxy) is 1. The average Bonchev–Trinajstić information content (AvgIpc) is 2.36. The van der Waals surface area contributed by atoms with Gasteiger partial charge < -0.3 is 21.1 Å². The van der Waals surface area contributed by atoms with Gasteiger partial charge in [-0.15, -0.1) is 0 Å². The highest BCUT2D eigenvalue weighted by Crippen LogP contribution is 2.14. The van der Waals surface area contributed by atoms with Crippen LogP contribution in [0.3, 0.4) is 0 Å². The van der Waals surface area contributed by atoms with E-state index < -0.39 is 11.7 Å². The number of benzene rings is 1. The van der Waals surface area contributed by atoms with Crippen molar-refractivity contribution in [2.24, 2.45) is 5.73 Å². The lowest BCUT2D eigenvalue weighted by Gasteiger charge is -2.08. The maximum absolute atomic E-state index is 13.2. The number of carbonyl (C=O) groups is 2. The summed E-state index contributed by atoms with van der Waals surface area (Å²) in [5.41, 5.74) is 5.06. The lowest BCUT2D eigenvalue weighted by atomic mass is 10.2. The molecule has 4 N–H and O–H groups in total. The van der Waals surface area contributed by atoms with Crippen molar-refractivity contribution >= 4 is 17.5 Å². The van der Waals surface area contributed by atoms with E-state index >= 15 is 0 Å². The van der Waals surface area contributed by atoms with Crippen LogP contribution >= 0.6 is 0 Å². The van der Waals surface area contributed by atoms with E-state index in [1.807, 2.05) is 0 Å². The molecule has 1 aromatic rings. The maximum atomic E-state index is 13.2. The molecule has 0 aliphatic heterocycles. The van der Waals surface area contributed by atoms with Gasteiger partial charge in [0.05, 0.1) is 18.7 Å². The zero-order valence-corrected chi connectivity index (χ0v) is 10.5. The first kappa shape index (κ1) is 15.1. The number of amides is 2. The van der Waals surface area contributed by atoms with Crippen molar-refractivity contribution in [3.8, 4) is 0 Å². The Morgan fingerprint density at radius 3 is 2.79 bits per heavy atom. The largest absolute Gasteiger partial charge is 0.383 e. The molecule has 0 bridgehead atoms. The predicted octanol–water partition coefficient (Wildman–Crippen LogP) is 0.0991. The first-order chi connectivity index (χ1) is 9.04. The fourth-order valence-electron chi connectivity index (χ4n) is 1.37. The molecule has 2 amide bonds. The van der Waals surface area contributed by atoms with E-state index in [2.05, 4.69) is 10.6 Å². The van der Waals surface area contributed by atoms with E-state index in [0.717, 1.165) is 6.07 Å². The summed E-state index contributed by atoms with van der Waals surface area (Å²) in [5.74, 6) is -1.91. The number of methoxy groups -OCH3 is 1. The molecule has 104 valence electrons. The summed E-state index contributed by atoms with van der Waals surface area (Å²) in [4.78, 5) is 22.5. The van der Waals surface area contributed by atoms with Crippen LogP contribution < -0.4 is 16.4 Å². The third-order valence-electron chi connectivity index (χ3n) is 2.28. The number of rotatable bonds is 7. The maximum Gasteiger partial charge on any atom is 0.251 e. The van der Waals surface area contributed by atoms with Crippen molar-refractivity contribution in [3.63, 3.8) is 0 Å². The highest BCUT2D eigenvalue weighted by Gasteiger charge is 2.10. The Bertz CT molecular complexity index is 466. The van der Waals surface area contributed by atoms with Crippen molar-refractivity contribution in [2.45, 2.75) is 0 Å². The van der Waals surface area contributed by atoms with Crippen LogP contribution in [-0.4, -0.2) is 38.6 Å². The van der Waals surface area contributed by atoms with Gasteiger partial charge in [-0.05, 0) is 18.2 Å². The highest BCUT2D eigenvalue weighted by molar-refractivity contribution is 5.97. The average molecular weight is 269 g/mol. The van der Waals surface area contributed by atoms with Gasteiger partial charge in [0.15, 0.2) is 0 Å². The van der Waals surface area contributed by atoms with Crippen LogP contribution in [0.2, 0.25) is 0 Å². The predicted molar refractivity (Wildman–Crippen MR) is 68.3 cm³/mol. The van der Waals surface area contributed by atoms with Crippen LogP contribution in [0.5, 0.6) is 0 Å². The van der Waals surface area contributed by atoms with Crippen molar-refractivity contribution in [1.29, 1.82) is 0 Å². The number of halogens is 1. The first-order valence-electron chi connectivity index (χ1n) is 5.63. The quantitative estimate of drug-likeness (QED) is 0.612. The van der Waals surface area contributed by atoms with Gasteiger partial charge in [0, 0.05) is 19.3 Å². The Labute approximate surface area is 110 Å². The van der Waals surface area contributed by atoms with Crippen molar-refractivity contribution in [3.05, 3.63) is 29.6 Å².